The van der Waals surface area contributed by atoms with E-state index in [-0.39, 0.29) is 5.91 Å². The maximum Gasteiger partial charge on any atom is 0.255 e. The first-order valence-electron chi connectivity index (χ1n) is 6.81. The zero-order valence-electron chi connectivity index (χ0n) is 11.3. The highest BCUT2D eigenvalue weighted by molar-refractivity contribution is 5.94. The summed E-state index contributed by atoms with van der Waals surface area (Å²) in [7, 11) is 1.83. The topological polar surface area (TPSA) is 57.0 Å². The van der Waals surface area contributed by atoms with Gasteiger partial charge in [-0.05, 0) is 24.8 Å². The van der Waals surface area contributed by atoms with Gasteiger partial charge in [-0.15, -0.1) is 0 Å². The van der Waals surface area contributed by atoms with Crippen LogP contribution in [0.1, 0.15) is 48.0 Å². The van der Waals surface area contributed by atoms with Gasteiger partial charge < -0.3 is 4.90 Å². The zero-order chi connectivity index (χ0) is 13.7. The van der Waals surface area contributed by atoms with Gasteiger partial charge in [-0.2, -0.15) is 5.26 Å². The highest BCUT2D eigenvalue weighted by Gasteiger charge is 2.19. The molecule has 0 aromatic carbocycles. The van der Waals surface area contributed by atoms with Crippen molar-refractivity contribution in [3.05, 3.63) is 29.6 Å². The van der Waals surface area contributed by atoms with E-state index in [1.165, 1.54) is 44.5 Å². The smallest absolute Gasteiger partial charge is 0.255 e. The Hall–Kier alpha value is -1.89. The average molecular weight is 257 g/mol. The molecule has 0 unspecified atom stereocenters. The van der Waals surface area contributed by atoms with Crippen LogP contribution in [0.4, 0.5) is 0 Å². The number of hydrogen-bond acceptors (Lipinski definition) is 3. The van der Waals surface area contributed by atoms with Gasteiger partial charge >= 0.3 is 0 Å². The summed E-state index contributed by atoms with van der Waals surface area (Å²) >= 11 is 0. The van der Waals surface area contributed by atoms with Gasteiger partial charge in [0, 0.05) is 26.0 Å². The van der Waals surface area contributed by atoms with Gasteiger partial charge in [-0.25, -0.2) is 0 Å². The molecule has 4 heteroatoms. The second-order valence-electron chi connectivity index (χ2n) is 5.26. The van der Waals surface area contributed by atoms with Gasteiger partial charge in [0.2, 0.25) is 0 Å². The summed E-state index contributed by atoms with van der Waals surface area (Å²) in [6.07, 6.45) is 9.30. The molecule has 4 nitrogen and oxygen atoms in total. The lowest BCUT2D eigenvalue weighted by atomic mass is 9.89. The first-order valence-corrected chi connectivity index (χ1v) is 6.81. The zero-order valence-corrected chi connectivity index (χ0v) is 11.3. The third-order valence-electron chi connectivity index (χ3n) is 3.72. The Morgan fingerprint density at radius 3 is 2.84 bits per heavy atom. The van der Waals surface area contributed by atoms with Crippen LogP contribution in [-0.4, -0.2) is 29.4 Å². The molecule has 0 spiro atoms. The summed E-state index contributed by atoms with van der Waals surface area (Å²) in [6.45, 7) is 0.801. The quantitative estimate of drug-likeness (QED) is 0.836. The Morgan fingerprint density at radius 2 is 2.16 bits per heavy atom. The molecule has 0 saturated heterocycles. The molecule has 1 heterocycles. The van der Waals surface area contributed by atoms with E-state index in [2.05, 4.69) is 4.98 Å². The minimum atomic E-state index is -0.0461. The average Bonchev–Trinajstić information content (AvgIpc) is 2.47. The molecule has 1 aliphatic rings. The number of hydrogen-bond donors (Lipinski definition) is 0. The molecule has 1 aromatic rings. The van der Waals surface area contributed by atoms with Crippen LogP contribution in [0, 0.1) is 17.2 Å². The van der Waals surface area contributed by atoms with Crippen LogP contribution in [0.2, 0.25) is 0 Å². The monoisotopic (exact) mass is 257 g/mol. The number of nitriles is 1. The summed E-state index contributed by atoms with van der Waals surface area (Å²) in [4.78, 5) is 18.0. The van der Waals surface area contributed by atoms with Crippen LogP contribution in [0.3, 0.4) is 0 Å². The van der Waals surface area contributed by atoms with Crippen LogP contribution < -0.4 is 0 Å². The van der Waals surface area contributed by atoms with Gasteiger partial charge in [0.05, 0.1) is 11.1 Å². The first kappa shape index (κ1) is 13.5. The number of pyridine rings is 1. The van der Waals surface area contributed by atoms with E-state index in [9.17, 15) is 4.79 Å². The molecule has 0 N–H and O–H groups in total. The number of amides is 1. The van der Waals surface area contributed by atoms with Gasteiger partial charge in [-0.1, -0.05) is 19.3 Å². The Bertz CT molecular complexity index is 486. The van der Waals surface area contributed by atoms with E-state index in [1.54, 1.807) is 11.0 Å². The van der Waals surface area contributed by atoms with E-state index >= 15 is 0 Å². The molecule has 2 rings (SSSR count). The number of rotatable bonds is 3. The highest BCUT2D eigenvalue weighted by Crippen LogP contribution is 2.24. The second kappa shape index (κ2) is 6.33. The Morgan fingerprint density at radius 1 is 1.42 bits per heavy atom. The van der Waals surface area contributed by atoms with Crippen LogP contribution in [-0.2, 0) is 0 Å². The van der Waals surface area contributed by atoms with Crippen molar-refractivity contribution in [2.45, 2.75) is 32.1 Å². The lowest BCUT2D eigenvalue weighted by Gasteiger charge is -2.27. The van der Waals surface area contributed by atoms with Crippen molar-refractivity contribution >= 4 is 5.91 Å². The normalized spacial score (nSPS) is 15.8. The van der Waals surface area contributed by atoms with Gasteiger partial charge in [0.25, 0.3) is 5.91 Å². The fourth-order valence-corrected chi connectivity index (χ4v) is 2.68. The Balaban J connectivity index is 1.99. The van der Waals surface area contributed by atoms with Crippen molar-refractivity contribution in [2.75, 3.05) is 13.6 Å². The largest absolute Gasteiger partial charge is 0.341 e. The molecule has 1 fully saturated rings. The standard InChI is InChI=1S/C15H19N3O/c1-18(11-12-5-3-2-4-6-12)15(19)14-7-13(8-16)9-17-10-14/h7,9-10,12H,2-6,11H2,1H3. The molecule has 1 aromatic heterocycles. The van der Waals surface area contributed by atoms with E-state index in [4.69, 9.17) is 5.26 Å². The lowest BCUT2D eigenvalue weighted by molar-refractivity contribution is 0.0760. The molecule has 0 aliphatic heterocycles. The summed E-state index contributed by atoms with van der Waals surface area (Å²) < 4.78 is 0. The van der Waals surface area contributed by atoms with Crippen molar-refractivity contribution in [2.24, 2.45) is 5.92 Å². The predicted molar refractivity (Wildman–Crippen MR) is 72.5 cm³/mol. The van der Waals surface area contributed by atoms with Crippen molar-refractivity contribution < 1.29 is 4.79 Å². The lowest BCUT2D eigenvalue weighted by Crippen LogP contribution is -2.32. The van der Waals surface area contributed by atoms with Crippen molar-refractivity contribution in [3.63, 3.8) is 0 Å². The molecule has 0 atom stereocenters. The molecule has 0 bridgehead atoms. The molecule has 1 aliphatic carbocycles. The minimum Gasteiger partial charge on any atom is -0.341 e. The van der Waals surface area contributed by atoms with Crippen molar-refractivity contribution in [3.8, 4) is 6.07 Å². The predicted octanol–water partition coefficient (Wildman–Crippen LogP) is 2.61. The van der Waals surface area contributed by atoms with Gasteiger partial charge in [0.15, 0.2) is 0 Å². The van der Waals surface area contributed by atoms with Crippen LogP contribution in [0.25, 0.3) is 0 Å². The highest BCUT2D eigenvalue weighted by atomic mass is 16.2. The van der Waals surface area contributed by atoms with Gasteiger partial charge in [0.1, 0.15) is 6.07 Å². The van der Waals surface area contributed by atoms with Crippen LogP contribution >= 0.6 is 0 Å². The molecule has 1 amide bonds. The number of aromatic nitrogens is 1. The Labute approximate surface area is 114 Å². The summed E-state index contributed by atoms with van der Waals surface area (Å²) in [5.41, 5.74) is 0.925. The molecule has 19 heavy (non-hydrogen) atoms. The maximum atomic E-state index is 12.3. The minimum absolute atomic E-state index is 0.0461. The third kappa shape index (κ3) is 3.54. The van der Waals surface area contributed by atoms with E-state index in [1.807, 2.05) is 13.1 Å². The number of carbonyl (C=O) groups excluding carboxylic acids is 1. The molecular weight excluding hydrogens is 238 g/mol. The maximum absolute atomic E-state index is 12.3. The molecule has 1 saturated carbocycles. The second-order valence-corrected chi connectivity index (χ2v) is 5.26. The number of carbonyl (C=O) groups is 1. The van der Waals surface area contributed by atoms with E-state index in [0.717, 1.165) is 6.54 Å². The van der Waals surface area contributed by atoms with E-state index < -0.39 is 0 Å². The SMILES string of the molecule is CN(CC1CCCCC1)C(=O)c1cncc(C#N)c1. The fourth-order valence-electron chi connectivity index (χ4n) is 2.68. The summed E-state index contributed by atoms with van der Waals surface area (Å²) in [5, 5.41) is 8.83. The van der Waals surface area contributed by atoms with Crippen molar-refractivity contribution in [1.82, 2.24) is 9.88 Å². The molecule has 0 radical (unpaired) electrons. The summed E-state index contributed by atoms with van der Waals surface area (Å²) in [5.74, 6) is 0.574. The third-order valence-corrected chi connectivity index (χ3v) is 3.72. The van der Waals surface area contributed by atoms with Crippen molar-refractivity contribution in [1.29, 1.82) is 5.26 Å². The van der Waals surface area contributed by atoms with Crippen LogP contribution in [0.15, 0.2) is 18.5 Å². The molecule has 100 valence electrons. The van der Waals surface area contributed by atoms with E-state index in [0.29, 0.717) is 17.0 Å². The van der Waals surface area contributed by atoms with Gasteiger partial charge in [-0.3, -0.25) is 9.78 Å². The first-order chi connectivity index (χ1) is 9.20. The fraction of sp³-hybridized carbons (Fsp3) is 0.533. The number of nitrogens with zero attached hydrogens (tertiary/aromatic N) is 3. The Kier molecular flexibility index (Phi) is 4.51. The molecular formula is C15H19N3O. The van der Waals surface area contributed by atoms with Crippen LogP contribution in [0.5, 0.6) is 0 Å². The summed E-state index contributed by atoms with van der Waals surface area (Å²) in [6, 6.07) is 3.61.